The zero-order valence-corrected chi connectivity index (χ0v) is 15.2. The summed E-state index contributed by atoms with van der Waals surface area (Å²) in [6.45, 7) is 0.490. The van der Waals surface area contributed by atoms with Gasteiger partial charge in [-0.1, -0.05) is 0 Å². The number of carbonyl (C=O) groups excluding carboxylic acids is 1. The summed E-state index contributed by atoms with van der Waals surface area (Å²) in [4.78, 5) is 17.3. The first-order chi connectivity index (χ1) is 12.2. The minimum absolute atomic E-state index is 0.0645. The van der Waals surface area contributed by atoms with E-state index < -0.39 is 12.8 Å². The minimum atomic E-state index is -4.36. The van der Waals surface area contributed by atoms with Crippen molar-refractivity contribution in [2.45, 2.75) is 37.9 Å². The number of ether oxygens (including phenoxy) is 1. The molecule has 0 bridgehead atoms. The van der Waals surface area contributed by atoms with Crippen LogP contribution in [0.15, 0.2) is 24.5 Å². The van der Waals surface area contributed by atoms with Gasteiger partial charge in [0.05, 0.1) is 6.04 Å². The molecule has 1 N–H and O–H groups in total. The SMILES string of the molecule is C[C@@H](NC(=O)C[C@H]1C[C@H]1c1nccn1C)c1ccc(OCC(F)(F)F)s1. The summed E-state index contributed by atoms with van der Waals surface area (Å²) in [6, 6.07) is 2.89. The van der Waals surface area contributed by atoms with E-state index in [9.17, 15) is 18.0 Å². The molecule has 0 aliphatic heterocycles. The van der Waals surface area contributed by atoms with Crippen molar-refractivity contribution in [2.75, 3.05) is 6.61 Å². The monoisotopic (exact) mass is 387 g/mol. The van der Waals surface area contributed by atoms with Gasteiger partial charge in [-0.2, -0.15) is 13.2 Å². The molecule has 9 heteroatoms. The number of hydrogen-bond acceptors (Lipinski definition) is 4. The molecule has 5 nitrogen and oxygen atoms in total. The average Bonchev–Trinajstić information content (AvgIpc) is 2.97. The maximum atomic E-state index is 12.2. The van der Waals surface area contributed by atoms with Crippen molar-refractivity contribution < 1.29 is 22.7 Å². The van der Waals surface area contributed by atoms with E-state index in [4.69, 9.17) is 4.74 Å². The van der Waals surface area contributed by atoms with Crippen molar-refractivity contribution in [2.24, 2.45) is 13.0 Å². The molecule has 0 spiro atoms. The van der Waals surface area contributed by atoms with E-state index >= 15 is 0 Å². The predicted molar refractivity (Wildman–Crippen MR) is 91.1 cm³/mol. The van der Waals surface area contributed by atoms with Crippen LogP contribution in [0.2, 0.25) is 0 Å². The van der Waals surface area contributed by atoms with Crippen LogP contribution in [0.4, 0.5) is 13.2 Å². The van der Waals surface area contributed by atoms with E-state index in [0.717, 1.165) is 28.5 Å². The number of nitrogens with zero attached hydrogens (tertiary/aromatic N) is 2. The summed E-state index contributed by atoms with van der Waals surface area (Å²) in [5.41, 5.74) is 0. The molecule has 2 heterocycles. The van der Waals surface area contributed by atoms with Crippen molar-refractivity contribution in [1.82, 2.24) is 14.9 Å². The van der Waals surface area contributed by atoms with E-state index in [-0.39, 0.29) is 22.9 Å². The Labute approximate surface area is 153 Å². The van der Waals surface area contributed by atoms with Crippen molar-refractivity contribution in [1.29, 1.82) is 0 Å². The topological polar surface area (TPSA) is 56.2 Å². The summed E-state index contributed by atoms with van der Waals surface area (Å²) < 4.78 is 43.2. The van der Waals surface area contributed by atoms with E-state index in [1.807, 2.05) is 17.8 Å². The van der Waals surface area contributed by atoms with Gasteiger partial charge in [0, 0.05) is 36.7 Å². The first kappa shape index (κ1) is 18.8. The van der Waals surface area contributed by atoms with Gasteiger partial charge in [0.15, 0.2) is 11.7 Å². The van der Waals surface area contributed by atoms with E-state index in [0.29, 0.717) is 12.3 Å². The largest absolute Gasteiger partial charge is 0.475 e. The minimum Gasteiger partial charge on any atom is -0.475 e. The molecule has 3 atom stereocenters. The zero-order valence-electron chi connectivity index (χ0n) is 14.4. The van der Waals surface area contributed by atoms with Crippen LogP contribution in [-0.2, 0) is 11.8 Å². The molecule has 2 aromatic rings. The number of halogens is 3. The molecule has 0 radical (unpaired) electrons. The van der Waals surface area contributed by atoms with E-state index in [1.165, 1.54) is 6.07 Å². The number of carbonyl (C=O) groups is 1. The number of nitrogens with one attached hydrogen (secondary N) is 1. The Hall–Kier alpha value is -2.03. The fourth-order valence-corrected chi connectivity index (χ4v) is 3.79. The number of amides is 1. The highest BCUT2D eigenvalue weighted by Crippen LogP contribution is 2.48. The number of aryl methyl sites for hydroxylation is 1. The predicted octanol–water partition coefficient (Wildman–Crippen LogP) is 3.79. The molecule has 3 rings (SSSR count). The highest BCUT2D eigenvalue weighted by molar-refractivity contribution is 7.13. The maximum absolute atomic E-state index is 12.2. The standard InChI is InChI=1S/C17H20F3N3O2S/c1-10(13-3-4-15(26-13)25-9-17(18,19)20)22-14(24)8-11-7-12(11)16-21-5-6-23(16)2/h3-6,10-12H,7-9H2,1-2H3,(H,22,24)/t10-,11-,12-/m1/s1. The molecule has 1 fully saturated rings. The second kappa shape index (κ2) is 7.30. The van der Waals surface area contributed by atoms with Gasteiger partial charge in [-0.05, 0) is 31.4 Å². The molecule has 1 aliphatic carbocycles. The number of rotatable bonds is 7. The molecular weight excluding hydrogens is 367 g/mol. The number of hydrogen-bond donors (Lipinski definition) is 1. The molecule has 26 heavy (non-hydrogen) atoms. The highest BCUT2D eigenvalue weighted by Gasteiger charge is 2.42. The number of imidazole rings is 1. The number of thiophene rings is 1. The van der Waals surface area contributed by atoms with Crippen LogP contribution < -0.4 is 10.1 Å². The lowest BCUT2D eigenvalue weighted by Gasteiger charge is -2.12. The summed E-state index contributed by atoms with van der Waals surface area (Å²) in [7, 11) is 1.94. The summed E-state index contributed by atoms with van der Waals surface area (Å²) >= 11 is 1.11. The van der Waals surface area contributed by atoms with Gasteiger partial charge in [0.2, 0.25) is 5.91 Å². The van der Waals surface area contributed by atoms with Crippen molar-refractivity contribution in [3.63, 3.8) is 0 Å². The molecule has 1 amide bonds. The fourth-order valence-electron chi connectivity index (χ4n) is 2.93. The molecule has 0 saturated heterocycles. The fraction of sp³-hybridized carbons (Fsp3) is 0.529. The Kier molecular flexibility index (Phi) is 5.27. The van der Waals surface area contributed by atoms with Crippen molar-refractivity contribution in [3.05, 3.63) is 35.2 Å². The quantitative estimate of drug-likeness (QED) is 0.786. The van der Waals surface area contributed by atoms with Crippen LogP contribution in [-0.4, -0.2) is 28.2 Å². The van der Waals surface area contributed by atoms with Crippen molar-refractivity contribution in [3.8, 4) is 5.06 Å². The van der Waals surface area contributed by atoms with Gasteiger partial charge in [0.25, 0.3) is 0 Å². The summed E-state index contributed by atoms with van der Waals surface area (Å²) in [5, 5.41) is 3.09. The van der Waals surface area contributed by atoms with Gasteiger partial charge in [-0.15, -0.1) is 11.3 Å². The number of aromatic nitrogens is 2. The normalized spacial score (nSPS) is 20.7. The van der Waals surface area contributed by atoms with Crippen LogP contribution in [0.3, 0.4) is 0 Å². The third-order valence-corrected chi connectivity index (χ3v) is 5.53. The van der Waals surface area contributed by atoms with Crippen molar-refractivity contribution >= 4 is 17.2 Å². The second-order valence-electron chi connectivity index (χ2n) is 6.55. The Morgan fingerprint density at radius 1 is 1.50 bits per heavy atom. The first-order valence-electron chi connectivity index (χ1n) is 8.29. The maximum Gasteiger partial charge on any atom is 0.422 e. The lowest BCUT2D eigenvalue weighted by Crippen LogP contribution is -2.26. The van der Waals surface area contributed by atoms with Gasteiger partial charge in [-0.3, -0.25) is 4.79 Å². The smallest absolute Gasteiger partial charge is 0.422 e. The Bertz CT molecular complexity index is 771. The summed E-state index contributed by atoms with van der Waals surface area (Å²) in [6.07, 6.45) is 0.647. The Morgan fingerprint density at radius 3 is 2.92 bits per heavy atom. The van der Waals surface area contributed by atoms with Gasteiger partial charge in [0.1, 0.15) is 5.82 Å². The zero-order chi connectivity index (χ0) is 18.9. The molecule has 142 valence electrons. The van der Waals surface area contributed by atoms with Crippen LogP contribution in [0, 0.1) is 5.92 Å². The third-order valence-electron chi connectivity index (χ3n) is 4.34. The van der Waals surface area contributed by atoms with Crippen LogP contribution >= 0.6 is 11.3 Å². The van der Waals surface area contributed by atoms with Gasteiger partial charge in [-0.25, -0.2) is 4.98 Å². The first-order valence-corrected chi connectivity index (χ1v) is 9.10. The van der Waals surface area contributed by atoms with Crippen LogP contribution in [0.1, 0.15) is 42.4 Å². The lowest BCUT2D eigenvalue weighted by molar-refractivity contribution is -0.152. The van der Waals surface area contributed by atoms with E-state index in [1.54, 1.807) is 19.2 Å². The highest BCUT2D eigenvalue weighted by atomic mass is 32.1. The lowest BCUT2D eigenvalue weighted by atomic mass is 10.2. The second-order valence-corrected chi connectivity index (χ2v) is 7.63. The Balaban J connectivity index is 1.46. The molecule has 1 saturated carbocycles. The molecule has 0 aromatic carbocycles. The third kappa shape index (κ3) is 4.78. The summed E-state index contributed by atoms with van der Waals surface area (Å²) in [5.74, 6) is 1.54. The molecular formula is C17H20F3N3O2S. The van der Waals surface area contributed by atoms with Gasteiger partial charge < -0.3 is 14.6 Å². The number of alkyl halides is 3. The van der Waals surface area contributed by atoms with Crippen LogP contribution in [0.5, 0.6) is 5.06 Å². The molecule has 0 unspecified atom stereocenters. The van der Waals surface area contributed by atoms with Crippen LogP contribution in [0.25, 0.3) is 0 Å². The average molecular weight is 387 g/mol. The van der Waals surface area contributed by atoms with Gasteiger partial charge >= 0.3 is 6.18 Å². The molecule has 1 aliphatic rings. The van der Waals surface area contributed by atoms with E-state index in [2.05, 4.69) is 10.3 Å². The Morgan fingerprint density at radius 2 is 2.27 bits per heavy atom. The molecule has 2 aromatic heterocycles.